The SMILES string of the molecule is CCN(CC)CC.N#CNC(=O)OCc1ccccc1.[CH-]1CCCCC1.[CH-]1CCCCC1.[CH-]1CCCCC1.[Cl-].[Sn+4]. The van der Waals surface area contributed by atoms with Crippen molar-refractivity contribution in [2.75, 3.05) is 19.6 Å². The van der Waals surface area contributed by atoms with Crippen LogP contribution in [0.5, 0.6) is 0 Å². The molecule has 3 aliphatic rings. The van der Waals surface area contributed by atoms with Gasteiger partial charge >= 0.3 is 30.0 Å². The van der Waals surface area contributed by atoms with E-state index in [1.165, 1.54) is 122 Å². The maximum Gasteiger partial charge on any atom is 4.00 e. The van der Waals surface area contributed by atoms with Gasteiger partial charge in [0.2, 0.25) is 0 Å². The Labute approximate surface area is 270 Å². The van der Waals surface area contributed by atoms with E-state index in [4.69, 9.17) is 10.00 Å². The number of nitrogens with one attached hydrogen (secondary N) is 1. The van der Waals surface area contributed by atoms with Crippen LogP contribution in [0.25, 0.3) is 0 Å². The van der Waals surface area contributed by atoms with Crippen molar-refractivity contribution in [3.63, 3.8) is 0 Å². The van der Waals surface area contributed by atoms with Crippen molar-refractivity contribution in [2.45, 2.75) is 124 Å². The average Bonchev–Trinajstić information content (AvgIpc) is 3.02. The zero-order valence-corrected chi connectivity index (χ0v) is 29.3. The number of nitriles is 1. The molecule has 0 aliphatic heterocycles. The molecule has 0 aromatic heterocycles. The molecule has 1 amide bonds. The number of rotatable bonds is 5. The summed E-state index contributed by atoms with van der Waals surface area (Å²) in [5, 5.41) is 9.93. The molecular formula is C33H56ClN3O2Sn. The van der Waals surface area contributed by atoms with Gasteiger partial charge in [-0.1, -0.05) is 109 Å². The van der Waals surface area contributed by atoms with Crippen LogP contribution in [0.2, 0.25) is 0 Å². The number of hydrogen-bond donors (Lipinski definition) is 1. The minimum Gasteiger partial charge on any atom is -1.00 e. The van der Waals surface area contributed by atoms with Gasteiger partial charge in [0.1, 0.15) is 6.61 Å². The second-order valence-corrected chi connectivity index (χ2v) is 9.70. The maximum atomic E-state index is 10.7. The van der Waals surface area contributed by atoms with Gasteiger partial charge in [-0.15, -0.1) is 0 Å². The van der Waals surface area contributed by atoms with Gasteiger partial charge in [0.25, 0.3) is 0 Å². The number of nitrogens with zero attached hydrogens (tertiary/aromatic N) is 2. The predicted octanol–water partition coefficient (Wildman–Crippen LogP) is 5.83. The van der Waals surface area contributed by atoms with E-state index in [1.807, 2.05) is 35.6 Å². The molecule has 4 rings (SSSR count). The Hall–Kier alpha value is -0.971. The van der Waals surface area contributed by atoms with Gasteiger partial charge in [0, 0.05) is 0 Å². The number of amides is 1. The van der Waals surface area contributed by atoms with Gasteiger partial charge in [0.15, 0.2) is 6.19 Å². The summed E-state index contributed by atoms with van der Waals surface area (Å²) >= 11 is 0. The number of benzene rings is 1. The van der Waals surface area contributed by atoms with Gasteiger partial charge in [-0.05, 0) is 25.2 Å². The minimum absolute atomic E-state index is 0. The fraction of sp³-hybridized carbons (Fsp3) is 0.667. The summed E-state index contributed by atoms with van der Waals surface area (Å²) in [6.07, 6.45) is 29.2. The summed E-state index contributed by atoms with van der Waals surface area (Å²) in [6.45, 7) is 10.3. The van der Waals surface area contributed by atoms with Crippen LogP contribution < -0.4 is 17.7 Å². The van der Waals surface area contributed by atoms with Crippen LogP contribution in [-0.4, -0.2) is 54.5 Å². The molecule has 3 saturated carbocycles. The molecule has 226 valence electrons. The number of carbonyl (C=O) groups is 1. The van der Waals surface area contributed by atoms with E-state index in [9.17, 15) is 4.79 Å². The van der Waals surface area contributed by atoms with Crippen LogP contribution in [0.15, 0.2) is 30.3 Å². The van der Waals surface area contributed by atoms with Crippen LogP contribution in [0.4, 0.5) is 4.79 Å². The molecule has 3 fully saturated rings. The largest absolute Gasteiger partial charge is 4.00 e. The van der Waals surface area contributed by atoms with Gasteiger partial charge in [-0.2, -0.15) is 43.8 Å². The number of ether oxygens (including phenoxy) is 1. The third kappa shape index (κ3) is 31.6. The zero-order chi connectivity index (χ0) is 27.9. The Bertz CT molecular complexity index is 589. The van der Waals surface area contributed by atoms with E-state index in [0.717, 1.165) is 5.56 Å². The molecule has 1 N–H and O–H groups in total. The van der Waals surface area contributed by atoms with E-state index in [0.29, 0.717) is 0 Å². The van der Waals surface area contributed by atoms with E-state index in [2.05, 4.69) is 44.9 Å². The van der Waals surface area contributed by atoms with E-state index in [-0.39, 0.29) is 42.9 Å². The molecule has 0 atom stereocenters. The summed E-state index contributed by atoms with van der Waals surface area (Å²) in [6, 6.07) is 9.24. The topological polar surface area (TPSA) is 65.4 Å². The molecule has 3 aliphatic carbocycles. The van der Waals surface area contributed by atoms with Crippen molar-refractivity contribution < 1.29 is 21.9 Å². The van der Waals surface area contributed by atoms with Crippen molar-refractivity contribution >= 4 is 30.0 Å². The Morgan fingerprint density at radius 1 is 0.775 bits per heavy atom. The van der Waals surface area contributed by atoms with Crippen LogP contribution in [-0.2, 0) is 11.3 Å². The van der Waals surface area contributed by atoms with Gasteiger partial charge < -0.3 is 41.3 Å². The van der Waals surface area contributed by atoms with Crippen LogP contribution in [0.1, 0.15) is 123 Å². The zero-order valence-electron chi connectivity index (χ0n) is 25.6. The molecule has 0 spiro atoms. The summed E-state index contributed by atoms with van der Waals surface area (Å²) in [5.74, 6) is 0. The number of hydrogen-bond acceptors (Lipinski definition) is 4. The van der Waals surface area contributed by atoms with Crippen LogP contribution >= 0.6 is 0 Å². The third-order valence-corrected chi connectivity index (χ3v) is 6.66. The number of halogens is 1. The Kier molecular flexibility index (Phi) is 39.2. The Morgan fingerprint density at radius 3 is 1.38 bits per heavy atom. The summed E-state index contributed by atoms with van der Waals surface area (Å²) < 4.78 is 4.70. The maximum absolute atomic E-state index is 10.7. The summed E-state index contributed by atoms with van der Waals surface area (Å²) in [5.41, 5.74) is 0.885. The quantitative estimate of drug-likeness (QED) is 0.184. The standard InChI is InChI=1S/C9H8N2O2.C6H15N.3C6H11.ClH.Sn/c10-7-11-9(12)13-6-8-4-2-1-3-5-8;1-4-7(5-2)6-3;3*1-2-4-6-5-3-1;;/h1-5H,6H2,(H,11,12);4-6H2,1-3H3;3*1H,2-6H2;1H;/q;;3*-1;;+4/p-1. The van der Waals surface area contributed by atoms with Crippen LogP contribution in [0.3, 0.4) is 0 Å². The fourth-order valence-corrected chi connectivity index (χ4v) is 4.17. The third-order valence-electron chi connectivity index (χ3n) is 6.66. The molecule has 5 nitrogen and oxygen atoms in total. The van der Waals surface area contributed by atoms with Crippen molar-refractivity contribution in [3.8, 4) is 6.19 Å². The fourth-order valence-electron chi connectivity index (χ4n) is 4.17. The van der Waals surface area contributed by atoms with Gasteiger partial charge in [-0.3, -0.25) is 0 Å². The number of carbonyl (C=O) groups excluding carboxylic acids is 1. The van der Waals surface area contributed by atoms with Crippen LogP contribution in [0, 0.1) is 30.7 Å². The van der Waals surface area contributed by atoms with Gasteiger partial charge in [0.05, 0.1) is 0 Å². The molecule has 0 unspecified atom stereocenters. The first-order chi connectivity index (χ1) is 18.7. The average molecular weight is 681 g/mol. The summed E-state index contributed by atoms with van der Waals surface area (Å²) in [7, 11) is 0. The molecule has 1 aromatic carbocycles. The Morgan fingerprint density at radius 2 is 1.15 bits per heavy atom. The van der Waals surface area contributed by atoms with E-state index in [1.54, 1.807) is 0 Å². The molecule has 40 heavy (non-hydrogen) atoms. The molecule has 0 bridgehead atoms. The molecule has 0 radical (unpaired) electrons. The molecule has 1 aromatic rings. The minimum atomic E-state index is -0.730. The smallest absolute Gasteiger partial charge is 1.00 e. The monoisotopic (exact) mass is 681 g/mol. The molecule has 7 heteroatoms. The molecule has 0 saturated heterocycles. The number of alkyl carbamates (subject to hydrolysis) is 1. The van der Waals surface area contributed by atoms with Crippen molar-refractivity contribution in [1.82, 2.24) is 10.2 Å². The van der Waals surface area contributed by atoms with Gasteiger partial charge in [-0.25, -0.2) is 10.1 Å². The predicted molar refractivity (Wildman–Crippen MR) is 167 cm³/mol. The van der Waals surface area contributed by atoms with Crippen molar-refractivity contribution in [2.24, 2.45) is 0 Å². The summed E-state index contributed by atoms with van der Waals surface area (Å²) in [4.78, 5) is 13.0. The van der Waals surface area contributed by atoms with Crippen molar-refractivity contribution in [1.29, 1.82) is 5.26 Å². The van der Waals surface area contributed by atoms with Crippen molar-refractivity contribution in [3.05, 3.63) is 55.2 Å². The van der Waals surface area contributed by atoms with E-state index < -0.39 is 6.09 Å². The second kappa shape index (κ2) is 36.1. The first-order valence-corrected chi connectivity index (χ1v) is 15.2. The van der Waals surface area contributed by atoms with E-state index >= 15 is 0 Å². The normalized spacial score (nSPS) is 15.4. The first kappa shape index (κ1) is 43.5. The molecule has 0 heterocycles. The second-order valence-electron chi connectivity index (χ2n) is 9.70. The first-order valence-electron chi connectivity index (χ1n) is 15.2. The molecular weight excluding hydrogens is 625 g/mol. The Balaban J connectivity index is -0.000000441.